The van der Waals surface area contributed by atoms with Crippen molar-refractivity contribution in [2.24, 2.45) is 0 Å². The molecule has 1 aromatic carbocycles. The van der Waals surface area contributed by atoms with Crippen LogP contribution < -0.4 is 4.72 Å². The van der Waals surface area contributed by atoms with Gasteiger partial charge in [0, 0.05) is 35.3 Å². The Hall–Kier alpha value is -3.09. The number of sulfonamides is 1. The van der Waals surface area contributed by atoms with Crippen molar-refractivity contribution in [1.82, 2.24) is 15.0 Å². The Kier molecular flexibility index (Phi) is 5.85. The van der Waals surface area contributed by atoms with Gasteiger partial charge in [-0.3, -0.25) is 14.3 Å². The fraction of sp³-hybridized carbons (Fsp3) is 0.263. The van der Waals surface area contributed by atoms with Gasteiger partial charge in [-0.1, -0.05) is 5.16 Å². The van der Waals surface area contributed by atoms with Crippen molar-refractivity contribution in [3.8, 4) is 11.4 Å². The van der Waals surface area contributed by atoms with Crippen molar-refractivity contribution >= 4 is 38.7 Å². The third-order valence-corrected chi connectivity index (χ3v) is 7.37. The Labute approximate surface area is 181 Å². The minimum absolute atomic E-state index is 0.0454. The highest BCUT2D eigenvalue weighted by molar-refractivity contribution is 7.94. The summed E-state index contributed by atoms with van der Waals surface area (Å²) in [5.74, 6) is -0.527. The van der Waals surface area contributed by atoms with Crippen molar-refractivity contribution < 1.29 is 27.3 Å². The van der Waals surface area contributed by atoms with Gasteiger partial charge in [-0.2, -0.15) is 4.98 Å². The van der Waals surface area contributed by atoms with Gasteiger partial charge in [0.15, 0.2) is 5.78 Å². The number of nitrogens with one attached hydrogen (secondary N) is 1. The first-order valence-electron chi connectivity index (χ1n) is 9.27. The number of benzene rings is 1. The molecule has 1 aliphatic rings. The average molecular weight is 463 g/mol. The van der Waals surface area contributed by atoms with Crippen LogP contribution in [0.4, 0.5) is 5.69 Å². The van der Waals surface area contributed by atoms with Gasteiger partial charge in [0.2, 0.25) is 5.82 Å². The van der Waals surface area contributed by atoms with Gasteiger partial charge in [-0.25, -0.2) is 8.42 Å². The molecule has 0 atom stereocenters. The molecule has 3 heterocycles. The van der Waals surface area contributed by atoms with E-state index in [0.717, 1.165) is 11.3 Å². The largest absolute Gasteiger partial charge is 0.378 e. The lowest BCUT2D eigenvalue weighted by atomic mass is 10.1. The molecule has 0 radical (unpaired) electrons. The van der Waals surface area contributed by atoms with E-state index in [1.54, 1.807) is 22.4 Å². The number of carbonyl (C=O) groups is 2. The fourth-order valence-electron chi connectivity index (χ4n) is 2.88. The molecular formula is C19H18N4O6S2. The number of carbonyl (C=O) groups excluding carboxylic acids is 2. The molecule has 0 aliphatic carbocycles. The molecule has 1 aliphatic heterocycles. The topological polar surface area (TPSA) is 132 Å². The number of rotatable bonds is 6. The first-order chi connectivity index (χ1) is 14.8. The third-order valence-electron chi connectivity index (χ3n) is 4.55. The predicted octanol–water partition coefficient (Wildman–Crippen LogP) is 2.27. The van der Waals surface area contributed by atoms with Crippen molar-refractivity contribution in [1.29, 1.82) is 0 Å². The van der Waals surface area contributed by atoms with E-state index in [2.05, 4.69) is 14.9 Å². The Balaban J connectivity index is 1.49. The summed E-state index contributed by atoms with van der Waals surface area (Å²) in [4.78, 5) is 29.4. The zero-order chi connectivity index (χ0) is 22.0. The molecule has 0 bridgehead atoms. The Morgan fingerprint density at radius 1 is 1.16 bits per heavy atom. The zero-order valence-electron chi connectivity index (χ0n) is 16.4. The van der Waals surface area contributed by atoms with Crippen LogP contribution in [0, 0.1) is 0 Å². The van der Waals surface area contributed by atoms with Gasteiger partial charge < -0.3 is 14.2 Å². The summed E-state index contributed by atoms with van der Waals surface area (Å²) in [7, 11) is -3.85. The minimum atomic E-state index is -3.85. The summed E-state index contributed by atoms with van der Waals surface area (Å²) in [6, 6.07) is 7.54. The van der Waals surface area contributed by atoms with E-state index in [-0.39, 0.29) is 27.6 Å². The van der Waals surface area contributed by atoms with E-state index >= 15 is 0 Å². The second-order valence-corrected chi connectivity index (χ2v) is 9.54. The van der Waals surface area contributed by atoms with E-state index in [0.29, 0.717) is 43.1 Å². The van der Waals surface area contributed by atoms with Gasteiger partial charge in [-0.15, -0.1) is 11.3 Å². The molecule has 0 saturated carbocycles. The maximum atomic E-state index is 12.7. The van der Waals surface area contributed by atoms with Crippen LogP contribution in [0.5, 0.6) is 0 Å². The van der Waals surface area contributed by atoms with Crippen LogP contribution in [-0.4, -0.2) is 61.5 Å². The summed E-state index contributed by atoms with van der Waals surface area (Å²) in [5, 5.41) is 5.37. The van der Waals surface area contributed by atoms with E-state index in [4.69, 9.17) is 9.26 Å². The number of nitrogens with zero attached hydrogens (tertiary/aromatic N) is 3. The fourth-order valence-corrected chi connectivity index (χ4v) is 5.10. The van der Waals surface area contributed by atoms with Gasteiger partial charge >= 0.3 is 11.8 Å². The Morgan fingerprint density at radius 3 is 2.55 bits per heavy atom. The second-order valence-electron chi connectivity index (χ2n) is 6.72. The number of hydrogen-bond acceptors (Lipinski definition) is 9. The lowest BCUT2D eigenvalue weighted by Crippen LogP contribution is -2.40. The molecule has 162 valence electrons. The quantitative estimate of drug-likeness (QED) is 0.552. The summed E-state index contributed by atoms with van der Waals surface area (Å²) >= 11 is 0.986. The lowest BCUT2D eigenvalue weighted by molar-refractivity contribution is 0.0272. The number of ether oxygens (including phenoxy) is 1. The van der Waals surface area contributed by atoms with E-state index in [1.165, 1.54) is 25.1 Å². The number of Topliss-reactive ketones (excluding diaryl/α,β-unsaturated/α-hetero) is 1. The highest BCUT2D eigenvalue weighted by Crippen LogP contribution is 2.28. The molecule has 0 spiro atoms. The van der Waals surface area contributed by atoms with Crippen LogP contribution in [0.25, 0.3) is 11.4 Å². The molecule has 3 aromatic rings. The molecule has 1 fully saturated rings. The molecule has 31 heavy (non-hydrogen) atoms. The summed E-state index contributed by atoms with van der Waals surface area (Å²) < 4.78 is 38.2. The van der Waals surface area contributed by atoms with Crippen LogP contribution in [-0.2, 0) is 14.8 Å². The van der Waals surface area contributed by atoms with Crippen LogP contribution in [0.15, 0.2) is 44.4 Å². The second kappa shape index (κ2) is 8.57. The summed E-state index contributed by atoms with van der Waals surface area (Å²) in [6.45, 7) is 3.21. The summed E-state index contributed by atoms with van der Waals surface area (Å²) in [6.07, 6.45) is 0. The molecule has 4 rings (SSSR count). The number of hydrogen-bond donors (Lipinski definition) is 1. The minimum Gasteiger partial charge on any atom is -0.378 e. The molecule has 1 saturated heterocycles. The SMILES string of the molecule is CC(=O)c1ccc(NS(=O)(=O)c2cc(-c3noc(C(=O)N4CCOCC4)n3)cs2)cc1. The number of amides is 1. The van der Waals surface area contributed by atoms with Gasteiger partial charge in [0.25, 0.3) is 10.0 Å². The third kappa shape index (κ3) is 4.65. The monoisotopic (exact) mass is 462 g/mol. The van der Waals surface area contributed by atoms with Gasteiger partial charge in [0.1, 0.15) is 4.21 Å². The average Bonchev–Trinajstić information content (AvgIpc) is 3.44. The normalized spacial score (nSPS) is 14.4. The highest BCUT2D eigenvalue weighted by Gasteiger charge is 2.25. The first-order valence-corrected chi connectivity index (χ1v) is 11.6. The van der Waals surface area contributed by atoms with Crippen molar-refractivity contribution in [3.05, 3.63) is 47.2 Å². The molecule has 1 N–H and O–H groups in total. The van der Waals surface area contributed by atoms with Crippen LogP contribution >= 0.6 is 11.3 Å². The van der Waals surface area contributed by atoms with Crippen molar-refractivity contribution in [2.75, 3.05) is 31.0 Å². The van der Waals surface area contributed by atoms with Crippen molar-refractivity contribution in [2.45, 2.75) is 11.1 Å². The van der Waals surface area contributed by atoms with E-state index < -0.39 is 10.0 Å². The molecule has 2 aromatic heterocycles. The number of aromatic nitrogens is 2. The van der Waals surface area contributed by atoms with Crippen LogP contribution in [0.3, 0.4) is 0 Å². The smallest absolute Gasteiger partial charge is 0.316 e. The van der Waals surface area contributed by atoms with E-state index in [1.807, 2.05) is 0 Å². The maximum Gasteiger partial charge on any atom is 0.316 e. The number of ketones is 1. The number of anilines is 1. The standard InChI is InChI=1S/C19H18N4O6S2/c1-12(24)13-2-4-15(5-3-13)22-31(26,27)16-10-14(11-30-16)17-20-18(29-21-17)19(25)23-6-8-28-9-7-23/h2-5,10-11,22H,6-9H2,1H3. The Bertz CT molecular complexity index is 1210. The van der Waals surface area contributed by atoms with Crippen LogP contribution in [0.2, 0.25) is 0 Å². The van der Waals surface area contributed by atoms with Crippen LogP contribution in [0.1, 0.15) is 28.0 Å². The van der Waals surface area contributed by atoms with Gasteiger partial charge in [-0.05, 0) is 37.3 Å². The predicted molar refractivity (Wildman–Crippen MR) is 112 cm³/mol. The summed E-state index contributed by atoms with van der Waals surface area (Å²) in [5.41, 5.74) is 1.24. The first kappa shape index (κ1) is 21.2. The van der Waals surface area contributed by atoms with Gasteiger partial charge in [0.05, 0.1) is 13.2 Å². The van der Waals surface area contributed by atoms with Crippen molar-refractivity contribution in [3.63, 3.8) is 0 Å². The maximum absolute atomic E-state index is 12.7. The molecule has 12 heteroatoms. The molecular weight excluding hydrogens is 444 g/mol. The Morgan fingerprint density at radius 2 is 1.87 bits per heavy atom. The molecule has 0 unspecified atom stereocenters. The number of morpholine rings is 1. The number of thiophene rings is 1. The van der Waals surface area contributed by atoms with E-state index in [9.17, 15) is 18.0 Å². The molecule has 1 amide bonds. The highest BCUT2D eigenvalue weighted by atomic mass is 32.2. The molecule has 10 nitrogen and oxygen atoms in total. The lowest BCUT2D eigenvalue weighted by Gasteiger charge is -2.25. The zero-order valence-corrected chi connectivity index (χ0v) is 18.0.